The van der Waals surface area contributed by atoms with Gasteiger partial charge in [0, 0.05) is 16.2 Å². The standard InChI is InChI=1S/C17H12BrNO2S/c18-14-8-11-17(19-12-14)13-6-9-16(10-7-13)22(20,21)15-4-2-1-3-5-15/h1-12H. The highest BCUT2D eigenvalue weighted by atomic mass is 79.9. The fourth-order valence-electron chi connectivity index (χ4n) is 2.09. The van der Waals surface area contributed by atoms with Crippen LogP contribution in [-0.4, -0.2) is 13.4 Å². The molecule has 0 atom stereocenters. The van der Waals surface area contributed by atoms with Gasteiger partial charge in [0.1, 0.15) is 0 Å². The van der Waals surface area contributed by atoms with Gasteiger partial charge in [-0.3, -0.25) is 4.98 Å². The number of nitrogens with zero attached hydrogens (tertiary/aromatic N) is 1. The molecule has 0 saturated heterocycles. The van der Waals surface area contributed by atoms with E-state index in [0.717, 1.165) is 15.7 Å². The lowest BCUT2D eigenvalue weighted by molar-refractivity contribution is 0.596. The molecule has 1 heterocycles. The Morgan fingerprint density at radius 2 is 1.41 bits per heavy atom. The van der Waals surface area contributed by atoms with E-state index in [1.54, 1.807) is 60.8 Å². The predicted octanol–water partition coefficient (Wildman–Crippen LogP) is 4.34. The lowest BCUT2D eigenvalue weighted by atomic mass is 10.1. The largest absolute Gasteiger partial charge is 0.255 e. The molecule has 0 N–H and O–H groups in total. The van der Waals surface area contributed by atoms with Crippen molar-refractivity contribution in [3.8, 4) is 11.3 Å². The molecule has 22 heavy (non-hydrogen) atoms. The van der Waals surface area contributed by atoms with Crippen molar-refractivity contribution in [2.24, 2.45) is 0 Å². The SMILES string of the molecule is O=S(=O)(c1ccccc1)c1ccc(-c2ccc(Br)cn2)cc1. The molecule has 0 saturated carbocycles. The maximum Gasteiger partial charge on any atom is 0.206 e. The van der Waals surface area contributed by atoms with Crippen LogP contribution < -0.4 is 0 Å². The van der Waals surface area contributed by atoms with Crippen LogP contribution in [0.25, 0.3) is 11.3 Å². The van der Waals surface area contributed by atoms with Crippen LogP contribution in [0, 0.1) is 0 Å². The fraction of sp³-hybridized carbons (Fsp3) is 0. The summed E-state index contributed by atoms with van der Waals surface area (Å²) in [5.74, 6) is 0. The van der Waals surface area contributed by atoms with Crippen LogP contribution in [0.4, 0.5) is 0 Å². The first-order chi connectivity index (χ1) is 10.6. The van der Waals surface area contributed by atoms with Crippen LogP contribution in [0.5, 0.6) is 0 Å². The molecule has 0 amide bonds. The van der Waals surface area contributed by atoms with Gasteiger partial charge in [0.2, 0.25) is 9.84 Å². The van der Waals surface area contributed by atoms with E-state index in [4.69, 9.17) is 0 Å². The van der Waals surface area contributed by atoms with E-state index in [1.807, 2.05) is 12.1 Å². The van der Waals surface area contributed by atoms with Crippen molar-refractivity contribution < 1.29 is 8.42 Å². The first kappa shape index (κ1) is 14.9. The summed E-state index contributed by atoms with van der Waals surface area (Å²) in [5, 5.41) is 0. The zero-order valence-electron chi connectivity index (χ0n) is 11.5. The van der Waals surface area contributed by atoms with Gasteiger partial charge in [-0.2, -0.15) is 0 Å². The van der Waals surface area contributed by atoms with Crippen molar-refractivity contribution in [2.45, 2.75) is 9.79 Å². The Morgan fingerprint density at radius 1 is 0.773 bits per heavy atom. The minimum absolute atomic E-state index is 0.277. The van der Waals surface area contributed by atoms with Crippen LogP contribution in [-0.2, 0) is 9.84 Å². The van der Waals surface area contributed by atoms with E-state index in [1.165, 1.54) is 0 Å². The molecule has 0 spiro atoms. The molecule has 0 radical (unpaired) electrons. The number of rotatable bonds is 3. The molecule has 3 rings (SSSR count). The molecule has 3 nitrogen and oxygen atoms in total. The third kappa shape index (κ3) is 2.96. The zero-order chi connectivity index (χ0) is 15.6. The van der Waals surface area contributed by atoms with Crippen molar-refractivity contribution in [3.05, 3.63) is 77.4 Å². The van der Waals surface area contributed by atoms with E-state index < -0.39 is 9.84 Å². The second-order valence-corrected chi connectivity index (χ2v) is 7.57. The minimum atomic E-state index is -3.47. The third-order valence-electron chi connectivity index (χ3n) is 3.24. The maximum absolute atomic E-state index is 12.5. The first-order valence-corrected chi connectivity index (χ1v) is 8.87. The summed E-state index contributed by atoms with van der Waals surface area (Å²) in [6.45, 7) is 0. The van der Waals surface area contributed by atoms with Crippen LogP contribution in [0.1, 0.15) is 0 Å². The summed E-state index contributed by atoms with van der Waals surface area (Å²) in [4.78, 5) is 4.88. The van der Waals surface area contributed by atoms with Gasteiger partial charge in [-0.05, 0) is 52.3 Å². The Kier molecular flexibility index (Phi) is 4.09. The van der Waals surface area contributed by atoms with Crippen LogP contribution in [0.15, 0.2) is 87.2 Å². The zero-order valence-corrected chi connectivity index (χ0v) is 13.9. The van der Waals surface area contributed by atoms with Gasteiger partial charge in [0.15, 0.2) is 0 Å². The average Bonchev–Trinajstić information content (AvgIpc) is 2.56. The average molecular weight is 374 g/mol. The van der Waals surface area contributed by atoms with Crippen LogP contribution in [0.2, 0.25) is 0 Å². The summed E-state index contributed by atoms with van der Waals surface area (Å²) >= 11 is 3.34. The van der Waals surface area contributed by atoms with Gasteiger partial charge in [0.05, 0.1) is 15.5 Å². The Labute approximate surface area is 137 Å². The van der Waals surface area contributed by atoms with Gasteiger partial charge in [-0.15, -0.1) is 0 Å². The van der Waals surface area contributed by atoms with Crippen LogP contribution in [0.3, 0.4) is 0 Å². The molecule has 3 aromatic rings. The van der Waals surface area contributed by atoms with Crippen molar-refractivity contribution in [3.63, 3.8) is 0 Å². The maximum atomic E-state index is 12.5. The lowest BCUT2D eigenvalue weighted by Crippen LogP contribution is -2.01. The highest BCUT2D eigenvalue weighted by molar-refractivity contribution is 9.10. The Balaban J connectivity index is 1.96. The molecule has 0 unspecified atom stereocenters. The highest BCUT2D eigenvalue weighted by Gasteiger charge is 2.16. The van der Waals surface area contributed by atoms with Crippen molar-refractivity contribution >= 4 is 25.8 Å². The monoisotopic (exact) mass is 373 g/mol. The molecule has 0 aliphatic rings. The molecule has 0 aliphatic heterocycles. The molecule has 0 aliphatic carbocycles. The number of aromatic nitrogens is 1. The van der Waals surface area contributed by atoms with Crippen molar-refractivity contribution in [2.75, 3.05) is 0 Å². The molecular formula is C17H12BrNO2S. The van der Waals surface area contributed by atoms with Crippen molar-refractivity contribution in [1.82, 2.24) is 4.98 Å². The molecular weight excluding hydrogens is 362 g/mol. The van der Waals surface area contributed by atoms with Crippen molar-refractivity contribution in [1.29, 1.82) is 0 Å². The smallest absolute Gasteiger partial charge is 0.206 e. The fourth-order valence-corrected chi connectivity index (χ4v) is 3.60. The minimum Gasteiger partial charge on any atom is -0.255 e. The second kappa shape index (κ2) is 6.02. The number of halogens is 1. The normalized spacial score (nSPS) is 11.3. The number of hydrogen-bond donors (Lipinski definition) is 0. The van der Waals surface area contributed by atoms with Gasteiger partial charge in [-0.1, -0.05) is 30.3 Å². The van der Waals surface area contributed by atoms with E-state index in [9.17, 15) is 8.42 Å². The molecule has 1 aromatic heterocycles. The lowest BCUT2D eigenvalue weighted by Gasteiger charge is -2.06. The van der Waals surface area contributed by atoms with Gasteiger partial charge in [-0.25, -0.2) is 8.42 Å². The van der Waals surface area contributed by atoms with E-state index >= 15 is 0 Å². The second-order valence-electron chi connectivity index (χ2n) is 4.70. The molecule has 0 bridgehead atoms. The summed E-state index contributed by atoms with van der Waals surface area (Å²) in [7, 11) is -3.47. The number of hydrogen-bond acceptors (Lipinski definition) is 3. The Morgan fingerprint density at radius 3 is 2.00 bits per heavy atom. The topological polar surface area (TPSA) is 47.0 Å². The molecule has 2 aromatic carbocycles. The Hall–Kier alpha value is -1.98. The Bertz CT molecular complexity index is 874. The van der Waals surface area contributed by atoms with Gasteiger partial charge in [0.25, 0.3) is 0 Å². The van der Waals surface area contributed by atoms with E-state index in [-0.39, 0.29) is 4.90 Å². The van der Waals surface area contributed by atoms with Gasteiger partial charge < -0.3 is 0 Å². The summed E-state index contributed by atoms with van der Waals surface area (Å²) in [5.41, 5.74) is 1.67. The number of benzene rings is 2. The van der Waals surface area contributed by atoms with Crippen LogP contribution >= 0.6 is 15.9 Å². The quantitative estimate of drug-likeness (QED) is 0.685. The summed E-state index contributed by atoms with van der Waals surface area (Å²) < 4.78 is 25.9. The summed E-state index contributed by atoms with van der Waals surface area (Å²) in [6, 6.07) is 19.0. The molecule has 5 heteroatoms. The highest BCUT2D eigenvalue weighted by Crippen LogP contribution is 2.24. The van der Waals surface area contributed by atoms with E-state index in [0.29, 0.717) is 4.90 Å². The number of sulfone groups is 1. The van der Waals surface area contributed by atoms with Gasteiger partial charge >= 0.3 is 0 Å². The predicted molar refractivity (Wildman–Crippen MR) is 89.3 cm³/mol. The van der Waals surface area contributed by atoms with E-state index in [2.05, 4.69) is 20.9 Å². The number of pyridine rings is 1. The molecule has 0 fully saturated rings. The first-order valence-electron chi connectivity index (χ1n) is 6.59. The molecule has 110 valence electrons. The summed E-state index contributed by atoms with van der Waals surface area (Å²) in [6.07, 6.45) is 1.71. The third-order valence-corrected chi connectivity index (χ3v) is 5.50.